The molecule has 0 amide bonds. The summed E-state index contributed by atoms with van der Waals surface area (Å²) in [7, 11) is -2.00. The van der Waals surface area contributed by atoms with E-state index in [1.807, 2.05) is 0 Å². The van der Waals surface area contributed by atoms with E-state index in [4.69, 9.17) is 9.16 Å². The van der Waals surface area contributed by atoms with Gasteiger partial charge in [-0.2, -0.15) is 0 Å². The van der Waals surface area contributed by atoms with Crippen molar-refractivity contribution in [3.05, 3.63) is 120 Å². The Balaban J connectivity index is 1.99. The van der Waals surface area contributed by atoms with Crippen LogP contribution in [0.3, 0.4) is 0 Å². The highest BCUT2D eigenvalue weighted by molar-refractivity contribution is 6.74. The molecule has 0 fully saturated rings. The van der Waals surface area contributed by atoms with E-state index in [-0.39, 0.29) is 11.1 Å². The van der Waals surface area contributed by atoms with E-state index in [1.165, 1.54) is 19.3 Å². The molecule has 0 bridgehead atoms. The largest absolute Gasteiger partial charge is 0.411 e. The van der Waals surface area contributed by atoms with Crippen molar-refractivity contribution in [2.75, 3.05) is 6.61 Å². The van der Waals surface area contributed by atoms with Crippen molar-refractivity contribution < 1.29 is 9.16 Å². The Bertz CT molecular complexity index is 988. The van der Waals surface area contributed by atoms with E-state index in [9.17, 15) is 0 Å². The number of hydrogen-bond acceptors (Lipinski definition) is 2. The van der Waals surface area contributed by atoms with Gasteiger partial charge in [-0.1, -0.05) is 144 Å². The van der Waals surface area contributed by atoms with Gasteiger partial charge in [0.05, 0.1) is 12.7 Å². The SMILES string of the molecule is CCCCC/C=C\C[C@@H](COC(c1ccccc1)(c1ccccc1)c1ccccc1)O[Si](C)(C)C(C)(C)C. The maximum absolute atomic E-state index is 7.17. The van der Waals surface area contributed by atoms with Gasteiger partial charge >= 0.3 is 0 Å². The Kier molecular flexibility index (Phi) is 11.1. The molecule has 0 aliphatic carbocycles. The van der Waals surface area contributed by atoms with E-state index < -0.39 is 13.9 Å². The van der Waals surface area contributed by atoms with Gasteiger partial charge < -0.3 is 9.16 Å². The molecule has 3 rings (SSSR count). The molecule has 0 radical (unpaired) electrons. The van der Waals surface area contributed by atoms with Gasteiger partial charge in [0.15, 0.2) is 8.32 Å². The van der Waals surface area contributed by atoms with E-state index >= 15 is 0 Å². The summed E-state index contributed by atoms with van der Waals surface area (Å²) in [6.07, 6.45) is 10.4. The minimum atomic E-state index is -2.00. The second kappa shape index (κ2) is 14.1. The Morgan fingerprint density at radius 1 is 0.711 bits per heavy atom. The minimum Gasteiger partial charge on any atom is -0.411 e. The molecule has 3 heteroatoms. The zero-order valence-corrected chi connectivity index (χ0v) is 25.5. The molecule has 1 atom stereocenters. The topological polar surface area (TPSA) is 18.5 Å². The highest BCUT2D eigenvalue weighted by Crippen LogP contribution is 2.42. The first-order chi connectivity index (χ1) is 18.2. The van der Waals surface area contributed by atoms with Gasteiger partial charge in [-0.05, 0) is 54.1 Å². The van der Waals surface area contributed by atoms with Gasteiger partial charge in [0, 0.05) is 0 Å². The summed E-state index contributed by atoms with van der Waals surface area (Å²) in [5.41, 5.74) is 2.64. The van der Waals surface area contributed by atoms with Crippen LogP contribution in [0, 0.1) is 0 Å². The molecule has 0 saturated carbocycles. The second-order valence-electron chi connectivity index (χ2n) is 11.8. The van der Waals surface area contributed by atoms with Crippen molar-refractivity contribution in [2.45, 2.75) is 89.6 Å². The van der Waals surface area contributed by atoms with Gasteiger partial charge in [0.2, 0.25) is 0 Å². The quantitative estimate of drug-likeness (QED) is 0.0897. The summed E-state index contributed by atoms with van der Waals surface area (Å²) in [4.78, 5) is 0. The summed E-state index contributed by atoms with van der Waals surface area (Å²) in [5, 5.41) is 0.130. The molecule has 0 aliphatic rings. The smallest absolute Gasteiger partial charge is 0.192 e. The Hall–Kier alpha value is -2.46. The van der Waals surface area contributed by atoms with Gasteiger partial charge in [-0.15, -0.1) is 0 Å². The lowest BCUT2D eigenvalue weighted by Gasteiger charge is -2.41. The third-order valence-electron chi connectivity index (χ3n) is 7.83. The van der Waals surface area contributed by atoms with Crippen molar-refractivity contribution in [1.29, 1.82) is 0 Å². The summed E-state index contributed by atoms with van der Waals surface area (Å²) in [6.45, 7) is 14.3. The standard InChI is InChI=1S/C35H48O2Si/c1-7-8-9-10-11-21-28-33(37-38(5,6)34(2,3)4)29-36-35(30-22-15-12-16-23-30,31-24-17-13-18-25-31)32-26-19-14-20-27-32/h11-27,33H,7-10,28-29H2,1-6H3/b21-11-/t33-/m0/s1. The Morgan fingerprint density at radius 3 is 1.61 bits per heavy atom. The molecule has 0 unspecified atom stereocenters. The van der Waals surface area contributed by atoms with Crippen LogP contribution >= 0.6 is 0 Å². The zero-order chi connectivity index (χ0) is 27.5. The number of allylic oxidation sites excluding steroid dienone is 1. The van der Waals surface area contributed by atoms with Gasteiger partial charge in [-0.25, -0.2) is 0 Å². The molecule has 0 heterocycles. The lowest BCUT2D eigenvalue weighted by molar-refractivity contribution is -0.0330. The fraction of sp³-hybridized carbons (Fsp3) is 0.429. The van der Waals surface area contributed by atoms with Crippen LogP contribution in [0.4, 0.5) is 0 Å². The average molecular weight is 529 g/mol. The Morgan fingerprint density at radius 2 is 1.18 bits per heavy atom. The maximum atomic E-state index is 7.17. The van der Waals surface area contributed by atoms with Gasteiger partial charge in [0.1, 0.15) is 5.60 Å². The predicted molar refractivity (Wildman–Crippen MR) is 165 cm³/mol. The van der Waals surface area contributed by atoms with Gasteiger partial charge in [0.25, 0.3) is 0 Å². The van der Waals surface area contributed by atoms with Crippen molar-refractivity contribution in [3.63, 3.8) is 0 Å². The maximum Gasteiger partial charge on any atom is 0.192 e. The van der Waals surface area contributed by atoms with Crippen LogP contribution < -0.4 is 0 Å². The zero-order valence-electron chi connectivity index (χ0n) is 24.5. The molecular formula is C35H48O2Si. The number of ether oxygens (including phenoxy) is 1. The van der Waals surface area contributed by atoms with Crippen LogP contribution in [0.2, 0.25) is 18.1 Å². The molecule has 38 heavy (non-hydrogen) atoms. The lowest BCUT2D eigenvalue weighted by Crippen LogP contribution is -2.46. The fourth-order valence-electron chi connectivity index (χ4n) is 4.61. The summed E-state index contributed by atoms with van der Waals surface area (Å²) in [6, 6.07) is 31.9. The summed E-state index contributed by atoms with van der Waals surface area (Å²) < 4.78 is 14.2. The van der Waals surface area contributed by atoms with Crippen LogP contribution in [0.1, 0.15) is 76.5 Å². The van der Waals surface area contributed by atoms with E-state index in [0.29, 0.717) is 6.61 Å². The molecule has 204 valence electrons. The number of unbranched alkanes of at least 4 members (excludes halogenated alkanes) is 3. The van der Waals surface area contributed by atoms with Gasteiger partial charge in [-0.3, -0.25) is 0 Å². The van der Waals surface area contributed by atoms with Crippen LogP contribution in [0.5, 0.6) is 0 Å². The molecule has 3 aromatic rings. The van der Waals surface area contributed by atoms with Crippen LogP contribution in [0.15, 0.2) is 103 Å². The molecule has 2 nitrogen and oxygen atoms in total. The number of benzene rings is 3. The van der Waals surface area contributed by atoms with E-state index in [0.717, 1.165) is 29.5 Å². The summed E-state index contributed by atoms with van der Waals surface area (Å²) >= 11 is 0. The number of rotatable bonds is 14. The molecule has 0 aromatic heterocycles. The second-order valence-corrected chi connectivity index (χ2v) is 16.5. The van der Waals surface area contributed by atoms with Crippen molar-refractivity contribution in [2.24, 2.45) is 0 Å². The molecule has 0 saturated heterocycles. The average Bonchev–Trinajstić information content (AvgIpc) is 2.92. The first-order valence-corrected chi connectivity index (χ1v) is 17.2. The molecule has 0 aliphatic heterocycles. The first-order valence-electron chi connectivity index (χ1n) is 14.3. The third-order valence-corrected chi connectivity index (χ3v) is 12.4. The van der Waals surface area contributed by atoms with Crippen LogP contribution in [0.25, 0.3) is 0 Å². The minimum absolute atomic E-state index is 0.0196. The highest BCUT2D eigenvalue weighted by Gasteiger charge is 2.41. The monoisotopic (exact) mass is 528 g/mol. The van der Waals surface area contributed by atoms with Crippen molar-refractivity contribution in [1.82, 2.24) is 0 Å². The number of hydrogen-bond donors (Lipinski definition) is 0. The summed E-state index contributed by atoms with van der Waals surface area (Å²) in [5.74, 6) is 0. The first kappa shape index (κ1) is 30.1. The molecule has 3 aromatic carbocycles. The molecule has 0 N–H and O–H groups in total. The van der Waals surface area contributed by atoms with Crippen molar-refractivity contribution in [3.8, 4) is 0 Å². The van der Waals surface area contributed by atoms with E-state index in [2.05, 4.69) is 144 Å². The van der Waals surface area contributed by atoms with Crippen LogP contribution in [-0.2, 0) is 14.8 Å². The third kappa shape index (κ3) is 7.78. The molecular weight excluding hydrogens is 480 g/mol. The fourth-order valence-corrected chi connectivity index (χ4v) is 5.96. The normalized spacial score (nSPS) is 13.6. The van der Waals surface area contributed by atoms with Crippen LogP contribution in [-0.4, -0.2) is 21.0 Å². The molecule has 0 spiro atoms. The predicted octanol–water partition coefficient (Wildman–Crippen LogP) is 9.91. The Labute approximate surface area is 233 Å². The lowest BCUT2D eigenvalue weighted by atomic mass is 9.80. The van der Waals surface area contributed by atoms with E-state index in [1.54, 1.807) is 0 Å². The van der Waals surface area contributed by atoms with Crippen molar-refractivity contribution >= 4 is 8.32 Å². The highest BCUT2D eigenvalue weighted by atomic mass is 28.4.